The lowest BCUT2D eigenvalue weighted by molar-refractivity contribution is 0.626. The fraction of sp³-hybridized carbons (Fsp3) is 0.455. The van der Waals surface area contributed by atoms with Crippen LogP contribution in [0.1, 0.15) is 13.3 Å². The SMILES string of the molecule is CCNCCCSc1ccc(F)cc1. The Morgan fingerprint density at radius 3 is 2.64 bits per heavy atom. The number of thioether (sulfide) groups is 1. The molecule has 0 aliphatic carbocycles. The first-order chi connectivity index (χ1) is 6.83. The molecule has 0 fully saturated rings. The molecule has 1 aromatic rings. The zero-order valence-electron chi connectivity index (χ0n) is 8.42. The number of nitrogens with one attached hydrogen (secondary N) is 1. The molecule has 78 valence electrons. The lowest BCUT2D eigenvalue weighted by Gasteiger charge is -2.02. The van der Waals surface area contributed by atoms with E-state index in [1.165, 1.54) is 12.1 Å². The molecule has 0 unspecified atom stereocenters. The number of rotatable bonds is 6. The van der Waals surface area contributed by atoms with Gasteiger partial charge in [-0.2, -0.15) is 0 Å². The van der Waals surface area contributed by atoms with E-state index in [1.54, 1.807) is 11.8 Å². The molecule has 1 nitrogen and oxygen atoms in total. The van der Waals surface area contributed by atoms with Crippen LogP contribution in [-0.4, -0.2) is 18.8 Å². The molecule has 3 heteroatoms. The molecule has 0 aliphatic heterocycles. The Balaban J connectivity index is 2.15. The van der Waals surface area contributed by atoms with Gasteiger partial charge < -0.3 is 5.32 Å². The molecular formula is C11H16FNS. The normalized spacial score (nSPS) is 10.4. The highest BCUT2D eigenvalue weighted by Crippen LogP contribution is 2.18. The van der Waals surface area contributed by atoms with Gasteiger partial charge in [-0.25, -0.2) is 4.39 Å². The number of hydrogen-bond acceptors (Lipinski definition) is 2. The summed E-state index contributed by atoms with van der Waals surface area (Å²) >= 11 is 1.77. The van der Waals surface area contributed by atoms with Crippen LogP contribution >= 0.6 is 11.8 Å². The van der Waals surface area contributed by atoms with E-state index in [9.17, 15) is 4.39 Å². The van der Waals surface area contributed by atoms with Gasteiger partial charge in [-0.05, 0) is 49.5 Å². The van der Waals surface area contributed by atoms with Crippen molar-refractivity contribution in [3.8, 4) is 0 Å². The first-order valence-electron chi connectivity index (χ1n) is 4.92. The summed E-state index contributed by atoms with van der Waals surface area (Å²) in [5, 5.41) is 3.27. The molecule has 0 atom stereocenters. The first-order valence-corrected chi connectivity index (χ1v) is 5.90. The molecule has 0 heterocycles. The van der Waals surface area contributed by atoms with Gasteiger partial charge in [-0.1, -0.05) is 6.92 Å². The van der Waals surface area contributed by atoms with Gasteiger partial charge in [0.05, 0.1) is 0 Å². The van der Waals surface area contributed by atoms with Gasteiger partial charge >= 0.3 is 0 Å². The second kappa shape index (κ2) is 6.85. The quantitative estimate of drug-likeness (QED) is 0.576. The van der Waals surface area contributed by atoms with Crippen molar-refractivity contribution in [2.75, 3.05) is 18.8 Å². The Labute approximate surface area is 89.1 Å². The van der Waals surface area contributed by atoms with E-state index in [4.69, 9.17) is 0 Å². The van der Waals surface area contributed by atoms with E-state index in [-0.39, 0.29) is 5.82 Å². The molecule has 0 aliphatic rings. The molecule has 0 spiro atoms. The predicted octanol–water partition coefficient (Wildman–Crippen LogP) is 2.92. The van der Waals surface area contributed by atoms with Gasteiger partial charge in [0.1, 0.15) is 5.82 Å². The van der Waals surface area contributed by atoms with Crippen molar-refractivity contribution < 1.29 is 4.39 Å². The average molecular weight is 213 g/mol. The van der Waals surface area contributed by atoms with E-state index in [2.05, 4.69) is 12.2 Å². The zero-order chi connectivity index (χ0) is 10.2. The van der Waals surface area contributed by atoms with Gasteiger partial charge in [0.15, 0.2) is 0 Å². The van der Waals surface area contributed by atoms with E-state index < -0.39 is 0 Å². The molecular weight excluding hydrogens is 197 g/mol. The molecule has 0 amide bonds. The standard InChI is InChI=1S/C11H16FNS/c1-2-13-8-3-9-14-11-6-4-10(12)5-7-11/h4-7,13H,2-3,8-9H2,1H3. The number of benzene rings is 1. The van der Waals surface area contributed by atoms with Crippen molar-refractivity contribution in [2.45, 2.75) is 18.2 Å². The van der Waals surface area contributed by atoms with Crippen LogP contribution in [0, 0.1) is 5.82 Å². The Kier molecular flexibility index (Phi) is 5.64. The summed E-state index contributed by atoms with van der Waals surface area (Å²) in [5.41, 5.74) is 0. The van der Waals surface area contributed by atoms with Crippen molar-refractivity contribution >= 4 is 11.8 Å². The number of halogens is 1. The van der Waals surface area contributed by atoms with Gasteiger partial charge in [-0.3, -0.25) is 0 Å². The second-order valence-electron chi connectivity index (χ2n) is 3.01. The van der Waals surface area contributed by atoms with E-state index in [0.29, 0.717) is 0 Å². The van der Waals surface area contributed by atoms with Crippen LogP contribution < -0.4 is 5.32 Å². The summed E-state index contributed by atoms with van der Waals surface area (Å²) in [6.45, 7) is 4.19. The maximum Gasteiger partial charge on any atom is 0.123 e. The molecule has 1 rings (SSSR count). The topological polar surface area (TPSA) is 12.0 Å². The van der Waals surface area contributed by atoms with Crippen LogP contribution in [0.5, 0.6) is 0 Å². The van der Waals surface area contributed by atoms with Crippen molar-refractivity contribution in [1.82, 2.24) is 5.32 Å². The minimum absolute atomic E-state index is 0.165. The summed E-state index contributed by atoms with van der Waals surface area (Å²) in [7, 11) is 0. The maximum absolute atomic E-state index is 12.6. The zero-order valence-corrected chi connectivity index (χ0v) is 9.24. The molecule has 0 saturated carbocycles. The van der Waals surface area contributed by atoms with Gasteiger partial charge in [-0.15, -0.1) is 11.8 Å². The average Bonchev–Trinajstić information content (AvgIpc) is 2.21. The van der Waals surface area contributed by atoms with Crippen LogP contribution in [0.2, 0.25) is 0 Å². The Morgan fingerprint density at radius 2 is 2.00 bits per heavy atom. The van der Waals surface area contributed by atoms with Gasteiger partial charge in [0.25, 0.3) is 0 Å². The van der Waals surface area contributed by atoms with Crippen LogP contribution in [-0.2, 0) is 0 Å². The summed E-state index contributed by atoms with van der Waals surface area (Å²) in [6.07, 6.45) is 1.15. The number of hydrogen-bond donors (Lipinski definition) is 1. The third-order valence-corrected chi connectivity index (χ3v) is 2.93. The highest BCUT2D eigenvalue weighted by Gasteiger charge is 1.94. The summed E-state index contributed by atoms with van der Waals surface area (Å²) in [5.74, 6) is 0.917. The Hall–Kier alpha value is -0.540. The third-order valence-electron chi connectivity index (χ3n) is 1.83. The lowest BCUT2D eigenvalue weighted by Crippen LogP contribution is -2.14. The fourth-order valence-corrected chi connectivity index (χ4v) is 1.95. The van der Waals surface area contributed by atoms with E-state index in [1.807, 2.05) is 12.1 Å². The first kappa shape index (κ1) is 11.5. The highest BCUT2D eigenvalue weighted by atomic mass is 32.2. The van der Waals surface area contributed by atoms with Gasteiger partial charge in [0, 0.05) is 4.90 Å². The third kappa shape index (κ3) is 4.63. The van der Waals surface area contributed by atoms with E-state index >= 15 is 0 Å². The minimum Gasteiger partial charge on any atom is -0.317 e. The largest absolute Gasteiger partial charge is 0.317 e. The minimum atomic E-state index is -0.165. The van der Waals surface area contributed by atoms with Crippen LogP contribution in [0.25, 0.3) is 0 Å². The second-order valence-corrected chi connectivity index (χ2v) is 4.18. The van der Waals surface area contributed by atoms with Crippen molar-refractivity contribution in [3.63, 3.8) is 0 Å². The van der Waals surface area contributed by atoms with E-state index in [0.717, 1.165) is 30.2 Å². The Morgan fingerprint density at radius 1 is 1.29 bits per heavy atom. The summed E-state index contributed by atoms with van der Waals surface area (Å²) in [6, 6.07) is 6.67. The molecule has 14 heavy (non-hydrogen) atoms. The molecule has 0 saturated heterocycles. The molecule has 1 N–H and O–H groups in total. The highest BCUT2D eigenvalue weighted by molar-refractivity contribution is 7.99. The van der Waals surface area contributed by atoms with Crippen molar-refractivity contribution in [1.29, 1.82) is 0 Å². The van der Waals surface area contributed by atoms with Crippen LogP contribution in [0.15, 0.2) is 29.2 Å². The fourth-order valence-electron chi connectivity index (χ4n) is 1.09. The maximum atomic E-state index is 12.6. The lowest BCUT2D eigenvalue weighted by atomic mass is 10.4. The van der Waals surface area contributed by atoms with Crippen LogP contribution in [0.3, 0.4) is 0 Å². The van der Waals surface area contributed by atoms with Crippen LogP contribution in [0.4, 0.5) is 4.39 Å². The predicted molar refractivity (Wildman–Crippen MR) is 60.3 cm³/mol. The molecule has 0 aromatic heterocycles. The summed E-state index contributed by atoms with van der Waals surface area (Å²) in [4.78, 5) is 1.14. The molecule has 1 aromatic carbocycles. The summed E-state index contributed by atoms with van der Waals surface area (Å²) < 4.78 is 12.6. The molecule has 0 bridgehead atoms. The van der Waals surface area contributed by atoms with Gasteiger partial charge in [0.2, 0.25) is 0 Å². The monoisotopic (exact) mass is 213 g/mol. The smallest absolute Gasteiger partial charge is 0.123 e. The Bertz CT molecular complexity index is 248. The van der Waals surface area contributed by atoms with Crippen molar-refractivity contribution in [2.24, 2.45) is 0 Å². The molecule has 0 radical (unpaired) electrons. The van der Waals surface area contributed by atoms with Crippen molar-refractivity contribution in [3.05, 3.63) is 30.1 Å².